The van der Waals surface area contributed by atoms with Crippen molar-refractivity contribution >= 4 is 11.7 Å². The molecule has 2 aromatic carbocycles. The van der Waals surface area contributed by atoms with Gasteiger partial charge >= 0.3 is 6.18 Å². The lowest BCUT2D eigenvalue weighted by Crippen LogP contribution is -2.35. The lowest BCUT2D eigenvalue weighted by Gasteiger charge is -2.32. The number of benzene rings is 2. The Hall–Kier alpha value is -3.72. The van der Waals surface area contributed by atoms with Crippen LogP contribution in [0.25, 0.3) is 17.0 Å². The molecule has 5 rings (SSSR count). The van der Waals surface area contributed by atoms with Crippen molar-refractivity contribution in [3.63, 3.8) is 0 Å². The van der Waals surface area contributed by atoms with E-state index < -0.39 is 11.7 Å². The maximum atomic E-state index is 13.0. The molecule has 3 heterocycles. The Morgan fingerprint density at radius 1 is 1.03 bits per heavy atom. The first-order chi connectivity index (χ1) is 18.8. The minimum atomic E-state index is -4.29. The van der Waals surface area contributed by atoms with E-state index in [1.54, 1.807) is 12.3 Å². The second kappa shape index (κ2) is 12.0. The molecule has 1 saturated heterocycles. The Labute approximate surface area is 225 Å². The van der Waals surface area contributed by atoms with E-state index >= 15 is 0 Å². The van der Waals surface area contributed by atoms with E-state index in [0.29, 0.717) is 30.2 Å². The maximum absolute atomic E-state index is 13.0. The number of amides is 1. The number of imidazole rings is 1. The van der Waals surface area contributed by atoms with Crippen LogP contribution in [0.4, 0.5) is 13.2 Å². The summed E-state index contributed by atoms with van der Waals surface area (Å²) < 4.78 is 40.8. The van der Waals surface area contributed by atoms with E-state index in [0.717, 1.165) is 68.2 Å². The van der Waals surface area contributed by atoms with Gasteiger partial charge in [-0.2, -0.15) is 13.2 Å². The van der Waals surface area contributed by atoms with Gasteiger partial charge in [0.15, 0.2) is 0 Å². The van der Waals surface area contributed by atoms with Gasteiger partial charge in [0, 0.05) is 36.3 Å². The number of fused-ring (bicyclic) bond motifs is 1. The van der Waals surface area contributed by atoms with Crippen LogP contribution in [0.5, 0.6) is 0 Å². The second-order valence-electron chi connectivity index (χ2n) is 10.2. The zero-order valence-electron chi connectivity index (χ0n) is 21.7. The average molecular weight is 536 g/mol. The van der Waals surface area contributed by atoms with E-state index in [1.807, 2.05) is 47.1 Å². The average Bonchev–Trinajstić information content (AvgIpc) is 3.38. The summed E-state index contributed by atoms with van der Waals surface area (Å²) in [6.07, 6.45) is 5.78. The highest BCUT2D eigenvalue weighted by Gasteiger charge is 2.30. The summed E-state index contributed by atoms with van der Waals surface area (Å²) in [6.45, 7) is 3.51. The Balaban J connectivity index is 0.990. The van der Waals surface area contributed by atoms with E-state index in [4.69, 9.17) is 0 Å². The van der Waals surface area contributed by atoms with E-state index in [1.165, 1.54) is 12.1 Å². The predicted octanol–water partition coefficient (Wildman–Crippen LogP) is 5.88. The van der Waals surface area contributed by atoms with Crippen LogP contribution in [-0.4, -0.2) is 51.4 Å². The number of carbonyl (C=O) groups is 1. The van der Waals surface area contributed by atoms with Crippen LogP contribution in [0.3, 0.4) is 0 Å². The third kappa shape index (κ3) is 7.03. The van der Waals surface area contributed by atoms with Crippen molar-refractivity contribution in [1.82, 2.24) is 24.6 Å². The molecule has 0 saturated carbocycles. The molecule has 2 aromatic heterocycles. The molecule has 1 aliphatic heterocycles. The summed E-state index contributed by atoms with van der Waals surface area (Å²) in [6, 6.07) is 15.0. The van der Waals surface area contributed by atoms with Gasteiger partial charge in [0.2, 0.25) is 5.78 Å². The summed E-state index contributed by atoms with van der Waals surface area (Å²) in [7, 11) is 0. The number of nitrogens with zero attached hydrogens (tertiary/aromatic N) is 4. The minimum Gasteiger partial charge on any atom is -0.352 e. The Morgan fingerprint density at radius 3 is 2.56 bits per heavy atom. The molecule has 9 heteroatoms. The van der Waals surface area contributed by atoms with Gasteiger partial charge in [0.1, 0.15) is 0 Å². The van der Waals surface area contributed by atoms with Crippen LogP contribution in [0.15, 0.2) is 73.2 Å². The smallest absolute Gasteiger partial charge is 0.352 e. The molecule has 0 aliphatic carbocycles. The Kier molecular flexibility index (Phi) is 8.26. The first-order valence-electron chi connectivity index (χ1n) is 13.4. The maximum Gasteiger partial charge on any atom is 0.416 e. The molecular formula is C30H32F3N5O. The normalized spacial score (nSPS) is 15.1. The first-order valence-corrected chi connectivity index (χ1v) is 13.4. The number of alkyl halides is 3. The molecule has 4 aromatic rings. The fourth-order valence-electron chi connectivity index (χ4n) is 5.15. The first kappa shape index (κ1) is 26.9. The summed E-state index contributed by atoms with van der Waals surface area (Å²) in [5.41, 5.74) is 2.54. The summed E-state index contributed by atoms with van der Waals surface area (Å²) >= 11 is 0. The number of likely N-dealkylation sites (tertiary alicyclic amines) is 1. The highest BCUT2D eigenvalue weighted by atomic mass is 19.4. The lowest BCUT2D eigenvalue weighted by molar-refractivity contribution is -0.137. The van der Waals surface area contributed by atoms with Crippen LogP contribution in [0.1, 0.15) is 47.2 Å². The standard InChI is InChI=1S/C30H32F3N5O/c31-30(32,33)26-6-3-5-23(20-26)19-22-11-17-37(18-12-22)15-2-1-13-34-28(39)25-9-7-24(8-10-25)27-21-38-16-4-14-35-29(38)36-27/h3-10,14,16,20-22H,1-2,11-13,15,17-19H2,(H,34,39). The molecule has 1 N–H and O–H groups in total. The largest absolute Gasteiger partial charge is 0.416 e. The molecule has 1 aliphatic rings. The minimum absolute atomic E-state index is 0.0892. The number of nitrogens with one attached hydrogen (secondary N) is 1. The van der Waals surface area contributed by atoms with Gasteiger partial charge in [0.25, 0.3) is 5.91 Å². The number of piperidine rings is 1. The molecule has 1 amide bonds. The Bertz CT molecular complexity index is 1360. The van der Waals surface area contributed by atoms with Gasteiger partial charge in [-0.15, -0.1) is 0 Å². The second-order valence-corrected chi connectivity index (χ2v) is 10.2. The van der Waals surface area contributed by atoms with Crippen LogP contribution in [0, 0.1) is 5.92 Å². The van der Waals surface area contributed by atoms with Crippen LogP contribution >= 0.6 is 0 Å². The molecule has 1 fully saturated rings. The highest BCUT2D eigenvalue weighted by Crippen LogP contribution is 2.31. The monoisotopic (exact) mass is 535 g/mol. The fraction of sp³-hybridized carbons (Fsp3) is 0.367. The molecule has 0 bridgehead atoms. The van der Waals surface area contributed by atoms with Gasteiger partial charge in [-0.05, 0) is 87.5 Å². The third-order valence-corrected chi connectivity index (χ3v) is 7.35. The van der Waals surface area contributed by atoms with Crippen molar-refractivity contribution in [3.05, 3.63) is 89.9 Å². The highest BCUT2D eigenvalue weighted by molar-refractivity contribution is 5.94. The van der Waals surface area contributed by atoms with Crippen molar-refractivity contribution in [1.29, 1.82) is 0 Å². The zero-order chi connectivity index (χ0) is 27.2. The van der Waals surface area contributed by atoms with Gasteiger partial charge < -0.3 is 10.2 Å². The molecule has 0 radical (unpaired) electrons. The number of rotatable bonds is 9. The van der Waals surface area contributed by atoms with Crippen molar-refractivity contribution < 1.29 is 18.0 Å². The van der Waals surface area contributed by atoms with Crippen molar-refractivity contribution in [2.75, 3.05) is 26.2 Å². The van der Waals surface area contributed by atoms with E-state index in [9.17, 15) is 18.0 Å². The topological polar surface area (TPSA) is 62.5 Å². The fourth-order valence-corrected chi connectivity index (χ4v) is 5.15. The van der Waals surface area contributed by atoms with Gasteiger partial charge in [-0.25, -0.2) is 9.97 Å². The summed E-state index contributed by atoms with van der Waals surface area (Å²) in [4.78, 5) is 23.7. The van der Waals surface area contributed by atoms with Crippen LogP contribution in [0.2, 0.25) is 0 Å². The molecule has 204 valence electrons. The number of unbranched alkanes of at least 4 members (excludes halogenated alkanes) is 1. The van der Waals surface area contributed by atoms with Crippen LogP contribution in [-0.2, 0) is 12.6 Å². The number of hydrogen-bond acceptors (Lipinski definition) is 4. The van der Waals surface area contributed by atoms with E-state index in [-0.39, 0.29) is 5.91 Å². The van der Waals surface area contributed by atoms with E-state index in [2.05, 4.69) is 20.2 Å². The molecule has 0 unspecified atom stereocenters. The number of aromatic nitrogens is 3. The molecule has 0 spiro atoms. The summed E-state index contributed by atoms with van der Waals surface area (Å²) in [5, 5.41) is 3.00. The lowest BCUT2D eigenvalue weighted by atomic mass is 9.89. The molecule has 6 nitrogen and oxygen atoms in total. The number of halogens is 3. The molecule has 39 heavy (non-hydrogen) atoms. The SMILES string of the molecule is O=C(NCCCCN1CCC(Cc2cccc(C(F)(F)F)c2)CC1)c1ccc(-c2cn3cccnc3n2)cc1. The Morgan fingerprint density at radius 2 is 1.82 bits per heavy atom. The predicted molar refractivity (Wildman–Crippen MR) is 144 cm³/mol. The van der Waals surface area contributed by atoms with Crippen molar-refractivity contribution in [2.45, 2.75) is 38.3 Å². The van der Waals surface area contributed by atoms with Crippen molar-refractivity contribution in [2.24, 2.45) is 5.92 Å². The quantitative estimate of drug-likeness (QED) is 0.272. The van der Waals surface area contributed by atoms with Gasteiger partial charge in [-0.3, -0.25) is 9.20 Å². The number of hydrogen-bond donors (Lipinski definition) is 1. The summed E-state index contributed by atoms with van der Waals surface area (Å²) in [5.74, 6) is 0.960. The zero-order valence-corrected chi connectivity index (χ0v) is 21.7. The van der Waals surface area contributed by atoms with Gasteiger partial charge in [0.05, 0.1) is 11.3 Å². The number of carbonyl (C=O) groups excluding carboxylic acids is 1. The molecule has 0 atom stereocenters. The van der Waals surface area contributed by atoms with Gasteiger partial charge in [-0.1, -0.05) is 30.3 Å². The van der Waals surface area contributed by atoms with Crippen molar-refractivity contribution in [3.8, 4) is 11.3 Å². The third-order valence-electron chi connectivity index (χ3n) is 7.35. The molecular weight excluding hydrogens is 503 g/mol. The van der Waals surface area contributed by atoms with Crippen LogP contribution < -0.4 is 5.32 Å².